The standard InChI is InChI=1S/C15H22N2O2/c18-14-4-1-13(2-5-14)11-17-15(19)6-3-12-7-9-16-10-8-12/h7-10,13-14,18H,1-6,11H2,(H,17,19). The van der Waals surface area contributed by atoms with E-state index in [1.54, 1.807) is 12.4 Å². The average molecular weight is 262 g/mol. The number of aryl methyl sites for hydroxylation is 1. The number of carbonyl (C=O) groups excluding carboxylic acids is 1. The van der Waals surface area contributed by atoms with Crippen molar-refractivity contribution in [2.45, 2.75) is 44.6 Å². The summed E-state index contributed by atoms with van der Waals surface area (Å²) in [5.74, 6) is 0.649. The van der Waals surface area contributed by atoms with Gasteiger partial charge in [0.25, 0.3) is 0 Å². The molecule has 1 aliphatic carbocycles. The van der Waals surface area contributed by atoms with Crippen molar-refractivity contribution in [1.82, 2.24) is 10.3 Å². The van der Waals surface area contributed by atoms with E-state index in [0.29, 0.717) is 12.3 Å². The number of hydrogen-bond acceptors (Lipinski definition) is 3. The van der Waals surface area contributed by atoms with Gasteiger partial charge in [-0.05, 0) is 55.7 Å². The fourth-order valence-electron chi connectivity index (χ4n) is 2.50. The van der Waals surface area contributed by atoms with Crippen molar-refractivity contribution in [3.63, 3.8) is 0 Å². The lowest BCUT2D eigenvalue weighted by molar-refractivity contribution is -0.121. The van der Waals surface area contributed by atoms with E-state index in [1.165, 1.54) is 0 Å². The second kappa shape index (κ2) is 7.24. The van der Waals surface area contributed by atoms with E-state index in [9.17, 15) is 9.90 Å². The predicted molar refractivity (Wildman–Crippen MR) is 73.5 cm³/mol. The van der Waals surface area contributed by atoms with Crippen molar-refractivity contribution < 1.29 is 9.90 Å². The first-order valence-corrected chi connectivity index (χ1v) is 7.07. The summed E-state index contributed by atoms with van der Waals surface area (Å²) in [7, 11) is 0. The second-order valence-electron chi connectivity index (χ2n) is 5.33. The lowest BCUT2D eigenvalue weighted by atomic mass is 9.87. The van der Waals surface area contributed by atoms with Crippen molar-refractivity contribution in [1.29, 1.82) is 0 Å². The van der Waals surface area contributed by atoms with Crippen LogP contribution in [0.2, 0.25) is 0 Å². The van der Waals surface area contributed by atoms with E-state index in [0.717, 1.165) is 44.2 Å². The zero-order chi connectivity index (χ0) is 13.5. The Kier molecular flexibility index (Phi) is 5.33. The lowest BCUT2D eigenvalue weighted by Gasteiger charge is -2.25. The Morgan fingerprint density at radius 3 is 2.63 bits per heavy atom. The van der Waals surface area contributed by atoms with Crippen molar-refractivity contribution in [2.24, 2.45) is 5.92 Å². The molecule has 1 aromatic rings. The molecule has 2 N–H and O–H groups in total. The maximum atomic E-state index is 11.7. The van der Waals surface area contributed by atoms with Gasteiger partial charge in [-0.1, -0.05) is 0 Å². The van der Waals surface area contributed by atoms with Gasteiger partial charge >= 0.3 is 0 Å². The Morgan fingerprint density at radius 2 is 1.95 bits per heavy atom. The van der Waals surface area contributed by atoms with Crippen LogP contribution in [0.1, 0.15) is 37.7 Å². The van der Waals surface area contributed by atoms with Crippen LogP contribution in [0, 0.1) is 5.92 Å². The first-order valence-electron chi connectivity index (χ1n) is 7.07. The zero-order valence-corrected chi connectivity index (χ0v) is 11.2. The van der Waals surface area contributed by atoms with Crippen LogP contribution in [0.4, 0.5) is 0 Å². The minimum absolute atomic E-state index is 0.114. The number of nitrogens with zero attached hydrogens (tertiary/aromatic N) is 1. The van der Waals surface area contributed by atoms with Crippen LogP contribution >= 0.6 is 0 Å². The highest BCUT2D eigenvalue weighted by Crippen LogP contribution is 2.23. The summed E-state index contributed by atoms with van der Waals surface area (Å²) in [4.78, 5) is 15.7. The first kappa shape index (κ1) is 14.0. The number of rotatable bonds is 5. The van der Waals surface area contributed by atoms with Crippen molar-refractivity contribution in [3.05, 3.63) is 30.1 Å². The summed E-state index contributed by atoms with van der Waals surface area (Å²) in [6, 6.07) is 3.88. The molecule has 0 saturated heterocycles. The number of aliphatic hydroxyl groups is 1. The summed E-state index contributed by atoms with van der Waals surface area (Å²) in [6.07, 6.45) is 8.45. The number of pyridine rings is 1. The van der Waals surface area contributed by atoms with Crippen LogP contribution in [-0.4, -0.2) is 28.6 Å². The third-order valence-corrected chi connectivity index (χ3v) is 3.79. The van der Waals surface area contributed by atoms with Gasteiger partial charge < -0.3 is 10.4 Å². The van der Waals surface area contributed by atoms with Crippen LogP contribution < -0.4 is 5.32 Å². The molecule has 0 radical (unpaired) electrons. The summed E-state index contributed by atoms with van der Waals surface area (Å²) in [5.41, 5.74) is 1.14. The van der Waals surface area contributed by atoms with Crippen LogP contribution in [-0.2, 0) is 11.2 Å². The van der Waals surface area contributed by atoms with Crippen LogP contribution in [0.15, 0.2) is 24.5 Å². The molecule has 0 atom stereocenters. The van der Waals surface area contributed by atoms with E-state index in [2.05, 4.69) is 10.3 Å². The number of aromatic nitrogens is 1. The molecule has 1 aliphatic rings. The normalized spacial score (nSPS) is 23.0. The predicted octanol–water partition coefficient (Wildman–Crippen LogP) is 1.68. The SMILES string of the molecule is O=C(CCc1ccncc1)NCC1CCC(O)CC1. The molecule has 0 aromatic carbocycles. The third kappa shape index (κ3) is 4.99. The zero-order valence-electron chi connectivity index (χ0n) is 11.2. The fraction of sp³-hybridized carbons (Fsp3) is 0.600. The number of aliphatic hydroxyl groups excluding tert-OH is 1. The molecule has 1 fully saturated rings. The molecule has 0 spiro atoms. The molecule has 1 aromatic heterocycles. The molecular formula is C15H22N2O2. The van der Waals surface area contributed by atoms with Crippen LogP contribution in [0.3, 0.4) is 0 Å². The highest BCUT2D eigenvalue weighted by Gasteiger charge is 2.19. The summed E-state index contributed by atoms with van der Waals surface area (Å²) >= 11 is 0. The molecule has 1 saturated carbocycles. The molecule has 1 heterocycles. The Balaban J connectivity index is 1.62. The van der Waals surface area contributed by atoms with E-state index in [1.807, 2.05) is 12.1 Å². The lowest BCUT2D eigenvalue weighted by Crippen LogP contribution is -2.32. The van der Waals surface area contributed by atoms with E-state index < -0.39 is 0 Å². The molecule has 0 unspecified atom stereocenters. The second-order valence-corrected chi connectivity index (χ2v) is 5.33. The van der Waals surface area contributed by atoms with Gasteiger partial charge in [0.1, 0.15) is 0 Å². The van der Waals surface area contributed by atoms with E-state index >= 15 is 0 Å². The van der Waals surface area contributed by atoms with Gasteiger partial charge in [-0.15, -0.1) is 0 Å². The number of carbonyl (C=O) groups is 1. The van der Waals surface area contributed by atoms with Gasteiger partial charge in [0.2, 0.25) is 5.91 Å². The Hall–Kier alpha value is -1.42. The smallest absolute Gasteiger partial charge is 0.220 e. The molecule has 0 aliphatic heterocycles. The fourth-order valence-corrected chi connectivity index (χ4v) is 2.50. The maximum absolute atomic E-state index is 11.7. The monoisotopic (exact) mass is 262 g/mol. The van der Waals surface area contributed by atoms with Crippen LogP contribution in [0.5, 0.6) is 0 Å². The summed E-state index contributed by atoms with van der Waals surface area (Å²) in [6.45, 7) is 0.752. The molecule has 104 valence electrons. The molecule has 4 heteroatoms. The van der Waals surface area contributed by atoms with Crippen molar-refractivity contribution >= 4 is 5.91 Å². The quantitative estimate of drug-likeness (QED) is 0.848. The average Bonchev–Trinajstić information content (AvgIpc) is 2.45. The topological polar surface area (TPSA) is 62.2 Å². The minimum atomic E-state index is -0.126. The van der Waals surface area contributed by atoms with E-state index in [4.69, 9.17) is 0 Å². The molecule has 19 heavy (non-hydrogen) atoms. The largest absolute Gasteiger partial charge is 0.393 e. The third-order valence-electron chi connectivity index (χ3n) is 3.79. The van der Waals surface area contributed by atoms with E-state index in [-0.39, 0.29) is 12.0 Å². The Labute approximate surface area is 114 Å². The van der Waals surface area contributed by atoms with Gasteiger partial charge in [-0.3, -0.25) is 9.78 Å². The molecule has 4 nitrogen and oxygen atoms in total. The van der Waals surface area contributed by atoms with Crippen LogP contribution in [0.25, 0.3) is 0 Å². The number of hydrogen-bond donors (Lipinski definition) is 2. The van der Waals surface area contributed by atoms with Crippen molar-refractivity contribution in [2.75, 3.05) is 6.54 Å². The number of amides is 1. The van der Waals surface area contributed by atoms with Crippen molar-refractivity contribution in [3.8, 4) is 0 Å². The Bertz CT molecular complexity index is 386. The highest BCUT2D eigenvalue weighted by molar-refractivity contribution is 5.76. The Morgan fingerprint density at radius 1 is 1.26 bits per heavy atom. The number of nitrogens with one attached hydrogen (secondary N) is 1. The minimum Gasteiger partial charge on any atom is -0.393 e. The van der Waals surface area contributed by atoms with Gasteiger partial charge in [-0.2, -0.15) is 0 Å². The molecule has 0 bridgehead atoms. The molecule has 1 amide bonds. The molecule has 2 rings (SSSR count). The summed E-state index contributed by atoms with van der Waals surface area (Å²) in [5, 5.41) is 12.4. The van der Waals surface area contributed by atoms with Gasteiger partial charge in [0.05, 0.1) is 6.10 Å². The summed E-state index contributed by atoms with van der Waals surface area (Å²) < 4.78 is 0. The first-order chi connectivity index (χ1) is 9.24. The van der Waals surface area contributed by atoms with Gasteiger partial charge in [-0.25, -0.2) is 0 Å². The highest BCUT2D eigenvalue weighted by atomic mass is 16.3. The molecular weight excluding hydrogens is 240 g/mol. The maximum Gasteiger partial charge on any atom is 0.220 e. The van der Waals surface area contributed by atoms with Gasteiger partial charge in [0, 0.05) is 25.4 Å². The van der Waals surface area contributed by atoms with Gasteiger partial charge in [0.15, 0.2) is 0 Å².